The van der Waals surface area contributed by atoms with Gasteiger partial charge in [-0.3, -0.25) is 18.2 Å². The van der Waals surface area contributed by atoms with Crippen LogP contribution in [0.15, 0.2) is 60.0 Å². The van der Waals surface area contributed by atoms with Crippen molar-refractivity contribution in [2.45, 2.75) is 108 Å². The van der Waals surface area contributed by atoms with Gasteiger partial charge in [-0.1, -0.05) is 30.3 Å². The largest absolute Gasteiger partial charge is 0.469 e. The number of benzene rings is 1. The van der Waals surface area contributed by atoms with Crippen molar-refractivity contribution in [3.8, 4) is 0 Å². The summed E-state index contributed by atoms with van der Waals surface area (Å²) in [6.07, 6.45) is -3.76. The molecule has 26 nitrogen and oxygen atoms in total. The second kappa shape index (κ2) is 21.4. The molecule has 2 aliphatic rings. The van der Waals surface area contributed by atoms with Crippen molar-refractivity contribution in [1.29, 1.82) is 0 Å². The van der Waals surface area contributed by atoms with E-state index in [1.807, 2.05) is 30.3 Å². The maximum Gasteiger partial charge on any atom is 0.469 e. The van der Waals surface area contributed by atoms with Crippen molar-refractivity contribution < 1.29 is 70.9 Å². The number of nitrogens with zero attached hydrogens (tertiary/aromatic N) is 6. The normalized spacial score (nSPS) is 22.3. The van der Waals surface area contributed by atoms with Crippen LogP contribution in [0.3, 0.4) is 0 Å². The van der Waals surface area contributed by atoms with Crippen LogP contribution in [0.2, 0.25) is 0 Å². The van der Waals surface area contributed by atoms with E-state index in [9.17, 15) is 43.0 Å². The Balaban J connectivity index is 1.17. The van der Waals surface area contributed by atoms with E-state index in [1.165, 1.54) is 29.5 Å². The lowest BCUT2D eigenvalue weighted by molar-refractivity contribution is -0.155. The molecule has 8 atom stereocenters. The molecule has 6 rings (SSSR count). The molecule has 1 aromatic carbocycles. The van der Waals surface area contributed by atoms with E-state index in [2.05, 4.69) is 35.1 Å². The second-order valence-corrected chi connectivity index (χ2v) is 19.5. The molecule has 2 saturated heterocycles. The number of rotatable bonds is 19. The van der Waals surface area contributed by atoms with Crippen LogP contribution in [0.4, 0.5) is 21.2 Å². The Morgan fingerprint density at radius 3 is 2.35 bits per heavy atom. The lowest BCUT2D eigenvalue weighted by Crippen LogP contribution is -2.46. The third-order valence-corrected chi connectivity index (χ3v) is 12.5. The minimum absolute atomic E-state index is 0.0265. The summed E-state index contributed by atoms with van der Waals surface area (Å²) >= 11 is 0. The Morgan fingerprint density at radius 2 is 1.64 bits per heavy atom. The Bertz CT molecular complexity index is 2480. The van der Waals surface area contributed by atoms with E-state index in [4.69, 9.17) is 39.7 Å². The number of esters is 1. The molecule has 0 radical (unpaired) electrons. The number of alkyl carbamates (subject to hydrolysis) is 2. The molecular weight excluding hydrogens is 914 g/mol. The molecule has 360 valence electrons. The van der Waals surface area contributed by atoms with Gasteiger partial charge in [-0.2, -0.15) is 4.98 Å². The van der Waals surface area contributed by atoms with Crippen molar-refractivity contribution in [2.75, 3.05) is 31.2 Å². The van der Waals surface area contributed by atoms with Gasteiger partial charge in [-0.15, -0.1) is 0 Å². The molecular formula is C38H52N10O16P2. The van der Waals surface area contributed by atoms with Gasteiger partial charge in [0.05, 0.1) is 31.3 Å². The summed E-state index contributed by atoms with van der Waals surface area (Å²) in [5, 5.41) is 5.19. The minimum Gasteiger partial charge on any atom is -0.458 e. The number of amides is 2. The molecule has 0 aliphatic carbocycles. The fourth-order valence-electron chi connectivity index (χ4n) is 7.06. The number of phosphoric ester groups is 1. The molecule has 2 aliphatic heterocycles. The van der Waals surface area contributed by atoms with Crippen LogP contribution < -0.4 is 27.8 Å². The van der Waals surface area contributed by atoms with Crippen LogP contribution in [-0.2, 0) is 53.3 Å². The summed E-state index contributed by atoms with van der Waals surface area (Å²) in [6, 6.07) is 9.10. The van der Waals surface area contributed by atoms with Crippen molar-refractivity contribution in [3.63, 3.8) is 0 Å². The Morgan fingerprint density at radius 1 is 0.924 bits per heavy atom. The quantitative estimate of drug-likeness (QED) is 0.0307. The summed E-state index contributed by atoms with van der Waals surface area (Å²) in [4.78, 5) is 98.3. The third-order valence-electron chi connectivity index (χ3n) is 10.1. The van der Waals surface area contributed by atoms with Crippen molar-refractivity contribution in [3.05, 3.63) is 71.3 Å². The number of nitrogens with two attached hydrogens (primary N) is 2. The van der Waals surface area contributed by atoms with Gasteiger partial charge in [0, 0.05) is 25.6 Å². The number of unbranched alkanes of at least 4 members (excludes halogenated alkanes) is 1. The first kappa shape index (κ1) is 49.9. The number of carbonyl (C=O) groups excluding carboxylic acids is 3. The molecule has 2 unspecified atom stereocenters. The summed E-state index contributed by atoms with van der Waals surface area (Å²) in [7, 11) is -10.0. The number of nitrogens with one attached hydrogen (secondary N) is 2. The molecule has 3 aromatic heterocycles. The molecule has 2 amide bonds. The molecule has 9 N–H and O–H groups in total. The summed E-state index contributed by atoms with van der Waals surface area (Å²) in [6.45, 7) is 3.59. The monoisotopic (exact) mass is 966 g/mol. The Kier molecular flexibility index (Phi) is 16.2. The maximum absolute atomic E-state index is 14.1. The molecule has 28 heteroatoms. The minimum atomic E-state index is -5.10. The smallest absolute Gasteiger partial charge is 0.458 e. The SMILES string of the molecule is CC(C)(C)OC(=O)N[C@@H](CCCCNC(=O)OCc1ccccc1)C(=O)O[C@H]1C[C@H](n2cnc3c(N)ncnc32)O[C@@H]1COP(=O)(O)[C@H]1CC(n2ccc(N)nc2=O)O[C@@H]1COP(=O)(O)O. The first-order chi connectivity index (χ1) is 31.2. The van der Waals surface area contributed by atoms with Gasteiger partial charge in [0.15, 0.2) is 11.5 Å². The number of hydrogen-bond donors (Lipinski definition) is 7. The topological polar surface area (TPSA) is 365 Å². The van der Waals surface area contributed by atoms with E-state index in [-0.39, 0.29) is 55.2 Å². The highest BCUT2D eigenvalue weighted by atomic mass is 31.2. The van der Waals surface area contributed by atoms with E-state index in [0.29, 0.717) is 12.8 Å². The number of anilines is 2. The van der Waals surface area contributed by atoms with E-state index in [1.54, 1.807) is 20.8 Å². The van der Waals surface area contributed by atoms with E-state index < -0.39 is 101 Å². The Hall–Kier alpha value is -5.56. The third kappa shape index (κ3) is 13.7. The van der Waals surface area contributed by atoms with Crippen LogP contribution in [-0.4, -0.2) is 117 Å². The Labute approximate surface area is 376 Å². The van der Waals surface area contributed by atoms with E-state index in [0.717, 1.165) is 10.1 Å². The molecule has 4 aromatic rings. The van der Waals surface area contributed by atoms with E-state index >= 15 is 0 Å². The number of phosphoric acid groups is 1. The lowest BCUT2D eigenvalue weighted by Gasteiger charge is -2.26. The standard InChI is InChI=1S/C38H52N10O16P2/c1-38(2,3)64-37(52)45-23(11-7-8-13-41-36(51)58-17-22-9-5-4-6-10-22)34(49)63-24-15-29(48-21-44-31-32(40)42-20-43-33(31)48)61-25(24)18-59-65(53,54)27-16-30(47-14-12-28(39)46-35(47)50)62-26(27)19-60-66(55,56)57/h4-6,9-10,12,14,20-21,23-27,29-30H,7-8,11,13,15-19H2,1-3H3,(H,41,51)(H,45,52)(H,53,54)(H2,39,46,50)(H2,40,42,43)(H2,55,56,57)/t23-,24-,25+,26+,27-,29+,30?/m0/s1. The summed E-state index contributed by atoms with van der Waals surface area (Å²) in [5.41, 5.74) is 9.59. The fraction of sp³-hybridized carbons (Fsp3) is 0.526. The summed E-state index contributed by atoms with van der Waals surface area (Å²) < 4.78 is 67.2. The number of imidazole rings is 1. The lowest BCUT2D eigenvalue weighted by atomic mass is 10.1. The number of fused-ring (bicyclic) bond motifs is 1. The van der Waals surface area contributed by atoms with Crippen LogP contribution in [0.5, 0.6) is 0 Å². The molecule has 0 bridgehead atoms. The highest BCUT2D eigenvalue weighted by Gasteiger charge is 2.50. The van der Waals surface area contributed by atoms with Gasteiger partial charge in [0.2, 0.25) is 0 Å². The maximum atomic E-state index is 14.1. The molecule has 2 fully saturated rings. The molecule has 5 heterocycles. The first-order valence-electron chi connectivity index (χ1n) is 20.6. The van der Waals surface area contributed by atoms with Gasteiger partial charge >= 0.3 is 39.3 Å². The highest BCUT2D eigenvalue weighted by Crippen LogP contribution is 2.56. The van der Waals surface area contributed by atoms with Crippen molar-refractivity contribution in [1.82, 2.24) is 39.7 Å². The predicted molar refractivity (Wildman–Crippen MR) is 229 cm³/mol. The first-order valence-corrected chi connectivity index (χ1v) is 23.7. The zero-order valence-electron chi connectivity index (χ0n) is 36.0. The molecule has 0 saturated carbocycles. The average molecular weight is 967 g/mol. The molecule has 0 spiro atoms. The summed E-state index contributed by atoms with van der Waals surface area (Å²) in [5.74, 6) is -0.956. The number of carbonyl (C=O) groups is 3. The molecule has 66 heavy (non-hydrogen) atoms. The van der Waals surface area contributed by atoms with Crippen LogP contribution in [0, 0.1) is 0 Å². The fourth-order valence-corrected chi connectivity index (χ4v) is 8.98. The van der Waals surface area contributed by atoms with Gasteiger partial charge < -0.3 is 65.0 Å². The zero-order valence-corrected chi connectivity index (χ0v) is 37.8. The van der Waals surface area contributed by atoms with Crippen LogP contribution >= 0.6 is 15.4 Å². The van der Waals surface area contributed by atoms with Crippen LogP contribution in [0.1, 0.15) is 70.9 Å². The van der Waals surface area contributed by atoms with Gasteiger partial charge in [0.25, 0.3) is 0 Å². The average Bonchev–Trinajstić information content (AvgIpc) is 3.98. The zero-order chi connectivity index (χ0) is 47.8. The van der Waals surface area contributed by atoms with Crippen LogP contribution in [0.25, 0.3) is 11.2 Å². The van der Waals surface area contributed by atoms with Crippen molar-refractivity contribution >= 4 is 56.4 Å². The number of nitrogen functional groups attached to an aromatic ring is 2. The number of ether oxygens (including phenoxy) is 5. The second-order valence-electron chi connectivity index (χ2n) is 16.2. The number of hydrogen-bond acceptors (Lipinski definition) is 19. The van der Waals surface area contributed by atoms with Gasteiger partial charge in [-0.25, -0.2) is 38.7 Å². The highest BCUT2D eigenvalue weighted by molar-refractivity contribution is 7.53. The van der Waals surface area contributed by atoms with Crippen molar-refractivity contribution in [2.24, 2.45) is 0 Å². The van der Waals surface area contributed by atoms with Gasteiger partial charge in [-0.05, 0) is 51.7 Å². The number of aromatic nitrogens is 6. The van der Waals surface area contributed by atoms with Gasteiger partial charge in [0.1, 0.15) is 60.6 Å². The predicted octanol–water partition coefficient (Wildman–Crippen LogP) is 2.40.